The quantitative estimate of drug-likeness (QED) is 0.410. The summed E-state index contributed by atoms with van der Waals surface area (Å²) in [5.74, 6) is -0.380. The van der Waals surface area contributed by atoms with Crippen molar-refractivity contribution in [3.05, 3.63) is 74.9 Å². The van der Waals surface area contributed by atoms with E-state index in [2.05, 4.69) is 31.6 Å². The summed E-state index contributed by atoms with van der Waals surface area (Å²) in [5, 5.41) is 7.91. The van der Waals surface area contributed by atoms with Crippen molar-refractivity contribution in [2.24, 2.45) is 11.1 Å². The van der Waals surface area contributed by atoms with Crippen LogP contribution in [0, 0.1) is 12.8 Å². The van der Waals surface area contributed by atoms with Crippen molar-refractivity contribution in [3.8, 4) is 0 Å². The Labute approximate surface area is 218 Å². The second-order valence-corrected chi connectivity index (χ2v) is 11.8. The third-order valence-corrected chi connectivity index (χ3v) is 8.31. The highest BCUT2D eigenvalue weighted by atomic mass is 32.2. The number of anilines is 1. The first-order valence-corrected chi connectivity index (χ1v) is 14.2. The second-order valence-electron chi connectivity index (χ2n) is 9.32. The summed E-state index contributed by atoms with van der Waals surface area (Å²) >= 11 is 1.37. The zero-order valence-corrected chi connectivity index (χ0v) is 21.7. The Kier molecular flexibility index (Phi) is 7.37. The summed E-state index contributed by atoms with van der Waals surface area (Å²) in [6.45, 7) is 2.38. The number of fused-ring (bicyclic) bond motifs is 1. The molecule has 12 heteroatoms. The Morgan fingerprint density at radius 2 is 2.11 bits per heavy atom. The van der Waals surface area contributed by atoms with E-state index in [1.165, 1.54) is 29.4 Å². The van der Waals surface area contributed by atoms with Crippen LogP contribution in [0.25, 0.3) is 0 Å². The minimum absolute atomic E-state index is 0.109. The molecule has 1 aromatic carbocycles. The van der Waals surface area contributed by atoms with Gasteiger partial charge in [-0.25, -0.2) is 19.5 Å². The van der Waals surface area contributed by atoms with E-state index in [1.807, 2.05) is 25.1 Å². The molecule has 3 heterocycles. The maximum Gasteiger partial charge on any atom is 0.333 e. The largest absolute Gasteiger partial charge is 0.368 e. The molecule has 1 aliphatic carbocycles. The third-order valence-electron chi connectivity index (χ3n) is 6.79. The minimum atomic E-state index is -4.10. The molecule has 0 radical (unpaired) electrons. The van der Waals surface area contributed by atoms with Crippen molar-refractivity contribution in [2.75, 3.05) is 18.5 Å². The summed E-state index contributed by atoms with van der Waals surface area (Å²) in [6, 6.07) is 9.36. The lowest BCUT2D eigenvalue weighted by molar-refractivity contribution is 0.0697. The number of alkyl halides is 1. The molecule has 0 amide bonds. The highest BCUT2D eigenvalue weighted by Gasteiger charge is 2.36. The van der Waals surface area contributed by atoms with Crippen LogP contribution >= 0.6 is 11.3 Å². The van der Waals surface area contributed by atoms with E-state index in [4.69, 9.17) is 9.88 Å². The van der Waals surface area contributed by atoms with Crippen LogP contribution in [0.4, 0.5) is 10.2 Å². The monoisotopic (exact) mass is 546 g/mol. The number of aromatic nitrogens is 2. The zero-order chi connectivity index (χ0) is 26.2. The number of hydrogen-bond acceptors (Lipinski definition) is 9. The lowest BCUT2D eigenvalue weighted by Gasteiger charge is -2.26. The Hall–Kier alpha value is -2.77. The Morgan fingerprint density at radius 3 is 2.92 bits per heavy atom. The van der Waals surface area contributed by atoms with Gasteiger partial charge in [-0.05, 0) is 54.9 Å². The number of thiophene rings is 1. The number of nitrogens with one attached hydrogen (secondary N) is 1. The van der Waals surface area contributed by atoms with Crippen LogP contribution in [0.5, 0.6) is 0 Å². The molecule has 196 valence electrons. The molecule has 5 rings (SSSR count). The van der Waals surface area contributed by atoms with Crippen LogP contribution in [0.15, 0.2) is 42.9 Å². The van der Waals surface area contributed by atoms with E-state index in [1.54, 1.807) is 0 Å². The topological polar surface area (TPSA) is 133 Å². The molecule has 1 saturated carbocycles. The lowest BCUT2D eigenvalue weighted by Crippen LogP contribution is -2.27. The molecule has 1 aliphatic heterocycles. The van der Waals surface area contributed by atoms with Crippen molar-refractivity contribution < 1.29 is 26.5 Å². The van der Waals surface area contributed by atoms with Crippen LogP contribution in [0.3, 0.4) is 0 Å². The van der Waals surface area contributed by atoms with Crippen molar-refractivity contribution in [1.29, 1.82) is 0 Å². The molecular weight excluding hydrogens is 519 g/mol. The maximum absolute atomic E-state index is 14.7. The Balaban J connectivity index is 1.35. The molecule has 2 aliphatic rings. The minimum Gasteiger partial charge on any atom is -0.368 e. The van der Waals surface area contributed by atoms with E-state index in [0.717, 1.165) is 22.4 Å². The van der Waals surface area contributed by atoms with E-state index >= 15 is 0 Å². The van der Waals surface area contributed by atoms with E-state index in [9.17, 15) is 17.6 Å². The van der Waals surface area contributed by atoms with Gasteiger partial charge < -0.3 is 10.1 Å². The second kappa shape index (κ2) is 10.5. The van der Waals surface area contributed by atoms with Crippen LogP contribution in [0.1, 0.15) is 55.7 Å². The van der Waals surface area contributed by atoms with Gasteiger partial charge in [0, 0.05) is 11.1 Å². The maximum atomic E-state index is 14.7. The van der Waals surface area contributed by atoms with Gasteiger partial charge in [-0.2, -0.15) is 8.42 Å². The van der Waals surface area contributed by atoms with Crippen LogP contribution < -0.4 is 10.5 Å². The highest BCUT2D eigenvalue weighted by Crippen LogP contribution is 2.38. The molecule has 0 bridgehead atoms. The third kappa shape index (κ3) is 5.73. The van der Waals surface area contributed by atoms with Gasteiger partial charge in [0.15, 0.2) is 0 Å². The van der Waals surface area contributed by atoms with E-state index in [-0.39, 0.29) is 42.2 Å². The fourth-order valence-corrected chi connectivity index (χ4v) is 6.39. The molecule has 3 aromatic rings. The number of nitrogens with zero attached hydrogens (tertiary/aromatic N) is 2. The SMILES string of the molecule is Cc1sc(C(=O)c2cncnc2N[C@@H]2C[C@H](COS(N)(=O)=O)C[C@@H]2F)cc1C1OCCc2ccccc21. The smallest absolute Gasteiger partial charge is 0.333 e. The van der Waals surface area contributed by atoms with Crippen LogP contribution in [-0.2, 0) is 25.6 Å². The van der Waals surface area contributed by atoms with Gasteiger partial charge in [0.25, 0.3) is 0 Å². The molecule has 1 fully saturated rings. The molecule has 4 atom stereocenters. The van der Waals surface area contributed by atoms with Gasteiger partial charge in [0.1, 0.15) is 24.4 Å². The van der Waals surface area contributed by atoms with Crippen molar-refractivity contribution >= 4 is 33.2 Å². The van der Waals surface area contributed by atoms with Crippen molar-refractivity contribution in [1.82, 2.24) is 9.97 Å². The van der Waals surface area contributed by atoms with E-state index < -0.39 is 22.5 Å². The average molecular weight is 547 g/mol. The number of nitrogens with two attached hydrogens (primary N) is 1. The standard InChI is InChI=1S/C25H27FN4O5S2/c1-14-18(24-17-5-3-2-4-16(17)6-7-34-24)10-22(36-14)23(31)19-11-28-13-29-25(19)30-21-9-15(8-20(21)26)12-35-37(27,32)33/h2-5,10-11,13,15,20-21,24H,6-9,12H2,1H3,(H2,27,32,33)(H,28,29,30)/t15-,20+,21-,24?/m1/s1. The highest BCUT2D eigenvalue weighted by molar-refractivity contribution is 7.84. The lowest BCUT2D eigenvalue weighted by atomic mass is 9.93. The van der Waals surface area contributed by atoms with E-state index in [0.29, 0.717) is 17.9 Å². The summed E-state index contributed by atoms with van der Waals surface area (Å²) in [5.41, 5.74) is 3.53. The number of rotatable bonds is 8. The first kappa shape index (κ1) is 25.9. The van der Waals surface area contributed by atoms with Gasteiger partial charge >= 0.3 is 10.3 Å². The fraction of sp³-hybridized carbons (Fsp3) is 0.400. The summed E-state index contributed by atoms with van der Waals surface area (Å²) < 4.78 is 47.6. The van der Waals surface area contributed by atoms with Gasteiger partial charge in [0.05, 0.1) is 29.7 Å². The first-order valence-electron chi connectivity index (χ1n) is 11.9. The van der Waals surface area contributed by atoms with Crippen LogP contribution in [0.2, 0.25) is 0 Å². The molecule has 37 heavy (non-hydrogen) atoms. The molecule has 9 nitrogen and oxygen atoms in total. The summed E-state index contributed by atoms with van der Waals surface area (Å²) in [7, 11) is -4.10. The van der Waals surface area contributed by atoms with Crippen molar-refractivity contribution in [2.45, 2.75) is 44.5 Å². The summed E-state index contributed by atoms with van der Waals surface area (Å²) in [6.07, 6.45) is 2.46. The molecule has 2 aromatic heterocycles. The zero-order valence-electron chi connectivity index (χ0n) is 20.1. The predicted molar refractivity (Wildman–Crippen MR) is 137 cm³/mol. The van der Waals surface area contributed by atoms with Gasteiger partial charge in [-0.1, -0.05) is 24.3 Å². The number of aryl methyl sites for hydroxylation is 1. The average Bonchev–Trinajstić information content (AvgIpc) is 3.43. The Morgan fingerprint density at radius 1 is 1.30 bits per heavy atom. The molecule has 1 unspecified atom stereocenters. The number of carbonyl (C=O) groups excluding carboxylic acids is 1. The number of benzene rings is 1. The van der Waals surface area contributed by atoms with Gasteiger partial charge in [-0.15, -0.1) is 11.3 Å². The Bertz CT molecular complexity index is 1410. The summed E-state index contributed by atoms with van der Waals surface area (Å²) in [4.78, 5) is 23.3. The number of ketones is 1. The first-order chi connectivity index (χ1) is 17.7. The number of ether oxygens (including phenoxy) is 1. The van der Waals surface area contributed by atoms with Crippen LogP contribution in [-0.4, -0.2) is 49.6 Å². The molecular formula is C25H27FN4O5S2. The normalized spacial score (nSPS) is 23.5. The number of halogens is 1. The van der Waals surface area contributed by atoms with Gasteiger partial charge in [0.2, 0.25) is 5.78 Å². The molecule has 0 saturated heterocycles. The predicted octanol–water partition coefficient (Wildman–Crippen LogP) is 3.49. The molecule has 3 N–H and O–H groups in total. The number of hydrogen-bond donors (Lipinski definition) is 2. The van der Waals surface area contributed by atoms with Gasteiger partial charge in [-0.3, -0.25) is 8.98 Å². The fourth-order valence-electron chi connectivity index (χ4n) is 5.00. The molecule has 0 spiro atoms. The van der Waals surface area contributed by atoms with Crippen molar-refractivity contribution in [3.63, 3.8) is 0 Å². The number of carbonyl (C=O) groups is 1.